The van der Waals surface area contributed by atoms with E-state index in [4.69, 9.17) is 0 Å². The second-order valence-corrected chi connectivity index (χ2v) is 6.32. The van der Waals surface area contributed by atoms with Crippen molar-refractivity contribution < 1.29 is 4.79 Å². The second kappa shape index (κ2) is 7.97. The minimum atomic E-state index is 0.0719. The Morgan fingerprint density at radius 2 is 2.05 bits per heavy atom. The molecule has 0 radical (unpaired) electrons. The minimum absolute atomic E-state index is 0.0719. The van der Waals surface area contributed by atoms with Gasteiger partial charge in [-0.05, 0) is 36.5 Å². The van der Waals surface area contributed by atoms with E-state index in [9.17, 15) is 4.79 Å². The van der Waals surface area contributed by atoms with Crippen molar-refractivity contribution in [3.63, 3.8) is 0 Å². The Morgan fingerprint density at radius 1 is 1.32 bits per heavy atom. The van der Waals surface area contributed by atoms with Crippen molar-refractivity contribution in [2.24, 2.45) is 16.9 Å². The molecule has 0 saturated heterocycles. The van der Waals surface area contributed by atoms with Crippen LogP contribution in [-0.4, -0.2) is 26.2 Å². The summed E-state index contributed by atoms with van der Waals surface area (Å²) in [5, 5.41) is 4.07. The molecule has 0 aromatic heterocycles. The molecule has 1 fully saturated rings. The molecule has 120 valence electrons. The smallest absolute Gasteiger partial charge is 0.243 e. The summed E-state index contributed by atoms with van der Waals surface area (Å²) in [7, 11) is 4.02. The van der Waals surface area contributed by atoms with E-state index in [0.29, 0.717) is 5.92 Å². The predicted molar refractivity (Wildman–Crippen MR) is 92.2 cm³/mol. The Labute approximate surface area is 133 Å². The summed E-state index contributed by atoms with van der Waals surface area (Å²) >= 11 is 0. The van der Waals surface area contributed by atoms with Crippen molar-refractivity contribution in [1.29, 1.82) is 0 Å². The van der Waals surface area contributed by atoms with E-state index >= 15 is 0 Å². The quantitative estimate of drug-likeness (QED) is 0.454. The van der Waals surface area contributed by atoms with Gasteiger partial charge in [-0.1, -0.05) is 38.3 Å². The number of hydrazone groups is 1. The third-order valence-corrected chi connectivity index (χ3v) is 4.24. The molecule has 0 unspecified atom stereocenters. The van der Waals surface area contributed by atoms with Crippen LogP contribution in [0.5, 0.6) is 0 Å². The van der Waals surface area contributed by atoms with Gasteiger partial charge in [-0.15, -0.1) is 0 Å². The number of hydrogen-bond donors (Lipinski definition) is 1. The Hall–Kier alpha value is -1.84. The van der Waals surface area contributed by atoms with Crippen molar-refractivity contribution in [3.8, 4) is 0 Å². The summed E-state index contributed by atoms with van der Waals surface area (Å²) in [4.78, 5) is 14.0. The average molecular weight is 301 g/mol. The molecule has 1 saturated carbocycles. The largest absolute Gasteiger partial charge is 0.378 e. The van der Waals surface area contributed by atoms with Crippen LogP contribution in [0.15, 0.2) is 29.4 Å². The van der Waals surface area contributed by atoms with Gasteiger partial charge in [0, 0.05) is 25.7 Å². The maximum atomic E-state index is 12.0. The van der Waals surface area contributed by atoms with E-state index in [0.717, 1.165) is 17.7 Å². The minimum Gasteiger partial charge on any atom is -0.378 e. The third-order valence-electron chi connectivity index (χ3n) is 4.24. The lowest BCUT2D eigenvalue weighted by atomic mass is 10.1. The monoisotopic (exact) mass is 301 g/mol. The number of carbonyl (C=O) groups excluding carboxylic acids is 1. The average Bonchev–Trinajstić information content (AvgIpc) is 3.27. The molecule has 1 N–H and O–H groups in total. The fraction of sp³-hybridized carbons (Fsp3) is 0.556. The van der Waals surface area contributed by atoms with Gasteiger partial charge in [0.2, 0.25) is 5.91 Å². The molecule has 1 aromatic rings. The number of unbranched alkanes of at least 4 members (excludes halogenated alkanes) is 2. The van der Waals surface area contributed by atoms with Crippen LogP contribution in [-0.2, 0) is 4.79 Å². The zero-order valence-corrected chi connectivity index (χ0v) is 13.9. The fourth-order valence-corrected chi connectivity index (χ4v) is 2.66. The molecule has 4 nitrogen and oxygen atoms in total. The van der Waals surface area contributed by atoms with E-state index in [1.54, 1.807) is 6.21 Å². The summed E-state index contributed by atoms with van der Waals surface area (Å²) in [5.41, 5.74) is 4.81. The molecule has 0 heterocycles. The van der Waals surface area contributed by atoms with Crippen molar-refractivity contribution in [1.82, 2.24) is 5.43 Å². The van der Waals surface area contributed by atoms with Crippen molar-refractivity contribution in [2.75, 3.05) is 19.0 Å². The lowest BCUT2D eigenvalue weighted by Gasteiger charge is -2.11. The molecule has 1 aliphatic carbocycles. The summed E-state index contributed by atoms with van der Waals surface area (Å²) < 4.78 is 0. The van der Waals surface area contributed by atoms with Crippen molar-refractivity contribution in [3.05, 3.63) is 29.8 Å². The summed E-state index contributed by atoms with van der Waals surface area (Å²) in [6.07, 6.45) is 7.66. The zero-order chi connectivity index (χ0) is 15.9. The maximum Gasteiger partial charge on any atom is 0.243 e. The Kier molecular flexibility index (Phi) is 5.99. The number of benzene rings is 1. The van der Waals surface area contributed by atoms with Gasteiger partial charge in [0.1, 0.15) is 0 Å². The van der Waals surface area contributed by atoms with E-state index in [2.05, 4.69) is 22.4 Å². The predicted octanol–water partition coefficient (Wildman–Crippen LogP) is 3.42. The van der Waals surface area contributed by atoms with Gasteiger partial charge in [0.05, 0.1) is 6.21 Å². The lowest BCUT2D eigenvalue weighted by Crippen LogP contribution is -2.20. The van der Waals surface area contributed by atoms with Gasteiger partial charge in [-0.25, -0.2) is 5.43 Å². The molecule has 0 aliphatic heterocycles. The fourth-order valence-electron chi connectivity index (χ4n) is 2.66. The van der Waals surface area contributed by atoms with Crippen LogP contribution < -0.4 is 10.3 Å². The highest BCUT2D eigenvalue weighted by atomic mass is 16.2. The topological polar surface area (TPSA) is 44.7 Å². The van der Waals surface area contributed by atoms with Crippen LogP contribution in [0.2, 0.25) is 0 Å². The Balaban J connectivity index is 1.72. The number of hydrogen-bond acceptors (Lipinski definition) is 3. The van der Waals surface area contributed by atoms with Crippen LogP contribution in [0.3, 0.4) is 0 Å². The van der Waals surface area contributed by atoms with E-state index in [-0.39, 0.29) is 11.8 Å². The number of amides is 1. The SMILES string of the molecule is CCCCC[C@@H]1C[C@@H]1C(=O)NN=Cc1ccc(N(C)C)cc1. The Morgan fingerprint density at radius 3 is 2.68 bits per heavy atom. The van der Waals surface area contributed by atoms with Gasteiger partial charge in [-0.2, -0.15) is 5.10 Å². The summed E-state index contributed by atoms with van der Waals surface area (Å²) in [6, 6.07) is 8.06. The summed E-state index contributed by atoms with van der Waals surface area (Å²) in [5.74, 6) is 0.842. The molecule has 2 atom stereocenters. The van der Waals surface area contributed by atoms with Crippen LogP contribution in [0, 0.1) is 11.8 Å². The highest BCUT2D eigenvalue weighted by Crippen LogP contribution is 2.42. The Bertz CT molecular complexity index is 508. The van der Waals surface area contributed by atoms with E-state index in [1.165, 1.54) is 25.7 Å². The highest BCUT2D eigenvalue weighted by Gasteiger charge is 2.41. The number of rotatable bonds is 8. The van der Waals surface area contributed by atoms with Crippen LogP contribution in [0.25, 0.3) is 0 Å². The first-order valence-corrected chi connectivity index (χ1v) is 8.22. The van der Waals surface area contributed by atoms with Gasteiger partial charge < -0.3 is 4.90 Å². The molecular formula is C18H27N3O. The lowest BCUT2D eigenvalue weighted by molar-refractivity contribution is -0.122. The zero-order valence-electron chi connectivity index (χ0n) is 13.9. The van der Waals surface area contributed by atoms with Crippen molar-refractivity contribution in [2.45, 2.75) is 39.0 Å². The number of carbonyl (C=O) groups is 1. The first-order valence-electron chi connectivity index (χ1n) is 8.22. The van der Waals surface area contributed by atoms with Crippen molar-refractivity contribution >= 4 is 17.8 Å². The molecule has 0 spiro atoms. The molecule has 0 bridgehead atoms. The van der Waals surface area contributed by atoms with Gasteiger partial charge >= 0.3 is 0 Å². The molecule has 4 heteroatoms. The molecule has 1 aromatic carbocycles. The molecule has 22 heavy (non-hydrogen) atoms. The second-order valence-electron chi connectivity index (χ2n) is 6.32. The van der Waals surface area contributed by atoms with Gasteiger partial charge in [0.25, 0.3) is 0 Å². The number of nitrogens with one attached hydrogen (secondary N) is 1. The number of anilines is 1. The molecule has 1 aliphatic rings. The van der Waals surface area contributed by atoms with Gasteiger partial charge in [-0.3, -0.25) is 4.79 Å². The first-order chi connectivity index (χ1) is 10.6. The summed E-state index contributed by atoms with van der Waals surface area (Å²) in [6.45, 7) is 2.21. The maximum absolute atomic E-state index is 12.0. The van der Waals surface area contributed by atoms with Crippen LogP contribution in [0.4, 0.5) is 5.69 Å². The molecule has 2 rings (SSSR count). The van der Waals surface area contributed by atoms with Crippen LogP contribution in [0.1, 0.15) is 44.6 Å². The molecular weight excluding hydrogens is 274 g/mol. The standard InChI is InChI=1S/C18H27N3O/c1-4-5-6-7-15-12-17(15)18(22)20-19-13-14-8-10-16(11-9-14)21(2)3/h8-11,13,15,17H,4-7,12H2,1-3H3,(H,20,22)/t15-,17+/m1/s1. The van der Waals surface area contributed by atoms with E-state index < -0.39 is 0 Å². The van der Waals surface area contributed by atoms with Crippen LogP contribution >= 0.6 is 0 Å². The highest BCUT2D eigenvalue weighted by molar-refractivity contribution is 5.85. The van der Waals surface area contributed by atoms with E-state index in [1.807, 2.05) is 38.4 Å². The molecule has 1 amide bonds. The number of nitrogens with zero attached hydrogens (tertiary/aromatic N) is 2. The normalized spacial score (nSPS) is 20.1. The van der Waals surface area contributed by atoms with Gasteiger partial charge in [0.15, 0.2) is 0 Å². The first kappa shape index (κ1) is 16.5. The third kappa shape index (κ3) is 4.86.